The Labute approximate surface area is 152 Å². The topological polar surface area (TPSA) is 88.0 Å². The molecule has 3 aromatic rings. The van der Waals surface area contributed by atoms with E-state index in [1.165, 1.54) is 18.3 Å². The number of hydrogen-bond acceptors (Lipinski definition) is 3. The Morgan fingerprint density at radius 1 is 1.20 bits per heavy atom. The van der Waals surface area contributed by atoms with Crippen molar-refractivity contribution in [1.82, 2.24) is 10.3 Å². The molecule has 0 saturated heterocycles. The van der Waals surface area contributed by atoms with Crippen LogP contribution in [0.4, 0.5) is 5.69 Å². The third-order valence-corrected chi connectivity index (χ3v) is 4.65. The summed E-state index contributed by atoms with van der Waals surface area (Å²) < 4.78 is 0. The van der Waals surface area contributed by atoms with Gasteiger partial charge in [0.1, 0.15) is 0 Å². The van der Waals surface area contributed by atoms with Crippen LogP contribution in [0, 0.1) is 10.1 Å². The summed E-state index contributed by atoms with van der Waals surface area (Å²) in [5, 5.41) is 15.2. The zero-order chi connectivity index (χ0) is 18.1. The van der Waals surface area contributed by atoms with Gasteiger partial charge in [-0.2, -0.15) is 0 Å². The highest BCUT2D eigenvalue weighted by Gasteiger charge is 2.17. The van der Waals surface area contributed by atoms with E-state index in [1.54, 1.807) is 24.3 Å². The molecule has 0 aliphatic heterocycles. The van der Waals surface area contributed by atoms with Crippen LogP contribution in [0.25, 0.3) is 10.9 Å². The molecule has 0 radical (unpaired) electrons. The van der Waals surface area contributed by atoms with E-state index in [0.717, 1.165) is 5.56 Å². The van der Waals surface area contributed by atoms with Gasteiger partial charge in [0.05, 0.1) is 32.1 Å². The number of carbonyl (C=O) groups is 1. The van der Waals surface area contributed by atoms with Gasteiger partial charge in [-0.1, -0.05) is 29.3 Å². The number of fused-ring (bicyclic) bond motifs is 1. The van der Waals surface area contributed by atoms with Crippen LogP contribution >= 0.6 is 23.2 Å². The van der Waals surface area contributed by atoms with Crippen LogP contribution in [-0.2, 0) is 0 Å². The number of H-pyrrole nitrogens is 1. The summed E-state index contributed by atoms with van der Waals surface area (Å²) in [5.74, 6) is -0.293. The lowest BCUT2D eigenvalue weighted by Crippen LogP contribution is -2.26. The van der Waals surface area contributed by atoms with Crippen LogP contribution in [-0.4, -0.2) is 15.8 Å². The summed E-state index contributed by atoms with van der Waals surface area (Å²) in [7, 11) is 0. The number of aromatic nitrogens is 1. The first-order valence-electron chi connectivity index (χ1n) is 7.38. The third kappa shape index (κ3) is 3.45. The van der Waals surface area contributed by atoms with E-state index in [1.807, 2.05) is 6.92 Å². The fraction of sp³-hybridized carbons (Fsp3) is 0.118. The minimum absolute atomic E-state index is 0.0366. The molecule has 0 unspecified atom stereocenters. The van der Waals surface area contributed by atoms with Crippen molar-refractivity contribution in [2.75, 3.05) is 0 Å². The maximum Gasteiger partial charge on any atom is 0.271 e. The number of aromatic amines is 1. The van der Waals surface area contributed by atoms with Gasteiger partial charge >= 0.3 is 0 Å². The summed E-state index contributed by atoms with van der Waals surface area (Å²) >= 11 is 11.9. The van der Waals surface area contributed by atoms with Gasteiger partial charge in [0.2, 0.25) is 0 Å². The maximum atomic E-state index is 12.6. The van der Waals surface area contributed by atoms with E-state index in [2.05, 4.69) is 10.3 Å². The Hall–Kier alpha value is -2.57. The monoisotopic (exact) mass is 377 g/mol. The number of amides is 1. The minimum atomic E-state index is -0.480. The standard InChI is InChI=1S/C17H13Cl2N3O3/c1-9(10-2-5-14(18)15(19)6-10)21-17(23)13-8-20-16-7-11(22(24)25)3-4-12(13)16/h2-9,20H,1H3,(H,21,23)/t9-/m1/s1. The van der Waals surface area contributed by atoms with E-state index in [9.17, 15) is 14.9 Å². The SMILES string of the molecule is C[C@@H](NC(=O)c1c[nH]c2cc([N+](=O)[O-])ccc12)c1ccc(Cl)c(Cl)c1. The van der Waals surface area contributed by atoms with Gasteiger partial charge in [-0.15, -0.1) is 0 Å². The molecule has 0 aliphatic rings. The summed E-state index contributed by atoms with van der Waals surface area (Å²) in [6.45, 7) is 1.83. The van der Waals surface area contributed by atoms with Gasteiger partial charge < -0.3 is 10.3 Å². The van der Waals surface area contributed by atoms with E-state index in [4.69, 9.17) is 23.2 Å². The molecule has 0 fully saturated rings. The number of nitrogens with zero attached hydrogens (tertiary/aromatic N) is 1. The van der Waals surface area contributed by atoms with Gasteiger partial charge in [0.15, 0.2) is 0 Å². The van der Waals surface area contributed by atoms with Gasteiger partial charge in [-0.25, -0.2) is 0 Å². The maximum absolute atomic E-state index is 12.6. The number of non-ortho nitro benzene ring substituents is 1. The van der Waals surface area contributed by atoms with E-state index >= 15 is 0 Å². The Bertz CT molecular complexity index is 984. The number of nitro groups is 1. The van der Waals surface area contributed by atoms with Gasteiger partial charge in [0, 0.05) is 23.7 Å². The van der Waals surface area contributed by atoms with Gasteiger partial charge in [-0.05, 0) is 30.7 Å². The van der Waals surface area contributed by atoms with Crippen molar-refractivity contribution in [2.45, 2.75) is 13.0 Å². The van der Waals surface area contributed by atoms with Crippen molar-refractivity contribution in [3.05, 3.63) is 73.9 Å². The van der Waals surface area contributed by atoms with Crippen LogP contribution in [0.15, 0.2) is 42.6 Å². The average Bonchev–Trinajstić information content (AvgIpc) is 3.00. The Morgan fingerprint density at radius 3 is 2.64 bits per heavy atom. The quantitative estimate of drug-likeness (QED) is 0.501. The molecule has 128 valence electrons. The second-order valence-electron chi connectivity index (χ2n) is 5.56. The third-order valence-electron chi connectivity index (χ3n) is 3.91. The first-order chi connectivity index (χ1) is 11.9. The van der Waals surface area contributed by atoms with Crippen LogP contribution in [0.2, 0.25) is 10.0 Å². The predicted molar refractivity (Wildman–Crippen MR) is 97.3 cm³/mol. The predicted octanol–water partition coefficient (Wildman–Crippen LogP) is 4.87. The van der Waals surface area contributed by atoms with E-state index < -0.39 is 4.92 Å². The smallest absolute Gasteiger partial charge is 0.271 e. The second kappa shape index (κ2) is 6.74. The molecule has 0 saturated carbocycles. The summed E-state index contributed by atoms with van der Waals surface area (Å²) in [5.41, 5.74) is 1.72. The molecule has 6 nitrogen and oxygen atoms in total. The molecule has 1 amide bonds. The lowest BCUT2D eigenvalue weighted by Gasteiger charge is -2.14. The molecule has 0 aliphatic carbocycles. The minimum Gasteiger partial charge on any atom is -0.360 e. The first kappa shape index (κ1) is 17.3. The van der Waals surface area contributed by atoms with Crippen molar-refractivity contribution in [1.29, 1.82) is 0 Å². The zero-order valence-electron chi connectivity index (χ0n) is 13.0. The van der Waals surface area contributed by atoms with Crippen LogP contribution < -0.4 is 5.32 Å². The highest BCUT2D eigenvalue weighted by molar-refractivity contribution is 6.42. The summed E-state index contributed by atoms with van der Waals surface area (Å²) in [6, 6.07) is 9.20. The molecule has 8 heteroatoms. The number of rotatable bonds is 4. The number of benzene rings is 2. The van der Waals surface area contributed by atoms with Crippen molar-refractivity contribution >= 4 is 45.7 Å². The number of hydrogen-bond donors (Lipinski definition) is 2. The van der Waals surface area contributed by atoms with Crippen molar-refractivity contribution in [2.24, 2.45) is 0 Å². The fourth-order valence-corrected chi connectivity index (χ4v) is 2.86. The lowest BCUT2D eigenvalue weighted by molar-refractivity contribution is -0.384. The summed E-state index contributed by atoms with van der Waals surface area (Å²) in [4.78, 5) is 25.8. The van der Waals surface area contributed by atoms with Crippen molar-refractivity contribution in [3.63, 3.8) is 0 Å². The number of nitrogens with one attached hydrogen (secondary N) is 2. The van der Waals surface area contributed by atoms with Crippen molar-refractivity contribution < 1.29 is 9.72 Å². The lowest BCUT2D eigenvalue weighted by atomic mass is 10.1. The Balaban J connectivity index is 1.84. The molecule has 1 atom stereocenters. The molecular formula is C17H13Cl2N3O3. The molecule has 1 heterocycles. The zero-order valence-corrected chi connectivity index (χ0v) is 14.6. The fourth-order valence-electron chi connectivity index (χ4n) is 2.56. The number of nitro benzene ring substituents is 1. The Kier molecular flexibility index (Phi) is 4.65. The Morgan fingerprint density at radius 2 is 1.96 bits per heavy atom. The van der Waals surface area contributed by atoms with Crippen molar-refractivity contribution in [3.8, 4) is 0 Å². The second-order valence-corrected chi connectivity index (χ2v) is 6.37. The summed E-state index contributed by atoms with van der Waals surface area (Å²) in [6.07, 6.45) is 1.53. The molecule has 1 aromatic heterocycles. The van der Waals surface area contributed by atoms with Crippen LogP contribution in [0.3, 0.4) is 0 Å². The van der Waals surface area contributed by atoms with Gasteiger partial charge in [0.25, 0.3) is 11.6 Å². The molecule has 0 bridgehead atoms. The average molecular weight is 378 g/mol. The highest BCUT2D eigenvalue weighted by atomic mass is 35.5. The first-order valence-corrected chi connectivity index (χ1v) is 8.13. The van der Waals surface area contributed by atoms with E-state index in [-0.39, 0.29) is 17.6 Å². The highest BCUT2D eigenvalue weighted by Crippen LogP contribution is 2.27. The molecular weight excluding hydrogens is 365 g/mol. The van der Waals surface area contributed by atoms with Gasteiger partial charge in [-0.3, -0.25) is 14.9 Å². The number of carbonyl (C=O) groups excluding carboxylic acids is 1. The van der Waals surface area contributed by atoms with E-state index in [0.29, 0.717) is 26.5 Å². The largest absolute Gasteiger partial charge is 0.360 e. The molecule has 2 N–H and O–H groups in total. The van der Waals surface area contributed by atoms with Crippen LogP contribution in [0.5, 0.6) is 0 Å². The normalized spacial score (nSPS) is 12.1. The molecule has 0 spiro atoms. The number of halogens is 2. The molecule has 25 heavy (non-hydrogen) atoms. The molecule has 3 rings (SSSR count). The van der Waals surface area contributed by atoms with Crippen LogP contribution in [0.1, 0.15) is 28.9 Å². The molecule has 2 aromatic carbocycles.